The fourth-order valence-electron chi connectivity index (χ4n) is 0.728. The van der Waals surface area contributed by atoms with Gasteiger partial charge in [0.2, 0.25) is 0 Å². The zero-order valence-corrected chi connectivity index (χ0v) is 7.44. The topological polar surface area (TPSA) is 37.3 Å². The molecule has 0 radical (unpaired) electrons. The third-order valence-electron chi connectivity index (χ3n) is 1.20. The lowest BCUT2D eigenvalue weighted by Gasteiger charge is -2.13. The van der Waals surface area contributed by atoms with Crippen molar-refractivity contribution >= 4 is 17.7 Å². The first-order valence-corrected chi connectivity index (χ1v) is 4.48. The van der Waals surface area contributed by atoms with Crippen LogP contribution in [-0.2, 0) is 4.79 Å². The van der Waals surface area contributed by atoms with Crippen molar-refractivity contribution in [1.82, 2.24) is 0 Å². The van der Waals surface area contributed by atoms with Crippen molar-refractivity contribution in [2.75, 3.05) is 5.75 Å². The van der Waals surface area contributed by atoms with Crippen LogP contribution in [0.1, 0.15) is 20.8 Å². The van der Waals surface area contributed by atoms with E-state index in [1.807, 2.05) is 20.8 Å². The van der Waals surface area contributed by atoms with Crippen molar-refractivity contribution in [2.24, 2.45) is 5.92 Å². The van der Waals surface area contributed by atoms with E-state index in [0.29, 0.717) is 0 Å². The van der Waals surface area contributed by atoms with Gasteiger partial charge in [-0.3, -0.25) is 4.79 Å². The highest BCUT2D eigenvalue weighted by Crippen LogP contribution is 2.18. The summed E-state index contributed by atoms with van der Waals surface area (Å²) < 4.78 is 0. The second-order valence-electron chi connectivity index (χ2n) is 2.46. The van der Waals surface area contributed by atoms with Crippen molar-refractivity contribution in [3.05, 3.63) is 0 Å². The Balaban J connectivity index is 3.85. The van der Waals surface area contributed by atoms with Gasteiger partial charge in [-0.15, -0.1) is 11.8 Å². The van der Waals surface area contributed by atoms with E-state index < -0.39 is 5.97 Å². The zero-order chi connectivity index (χ0) is 8.15. The van der Waals surface area contributed by atoms with Gasteiger partial charge in [-0.25, -0.2) is 0 Å². The number of thioether (sulfide) groups is 1. The van der Waals surface area contributed by atoms with Crippen LogP contribution in [0.2, 0.25) is 0 Å². The summed E-state index contributed by atoms with van der Waals surface area (Å²) in [7, 11) is 0. The molecule has 0 aliphatic rings. The number of hydrogen-bond acceptors (Lipinski definition) is 2. The molecule has 0 bridgehead atoms. The smallest absolute Gasteiger partial charge is 0.316 e. The largest absolute Gasteiger partial charge is 0.480 e. The molecule has 0 rings (SSSR count). The third-order valence-corrected chi connectivity index (χ3v) is 2.63. The molecule has 0 saturated carbocycles. The summed E-state index contributed by atoms with van der Waals surface area (Å²) in [5, 5.41) is 8.42. The lowest BCUT2D eigenvalue weighted by Crippen LogP contribution is -2.22. The van der Waals surface area contributed by atoms with E-state index in [0.717, 1.165) is 5.75 Å². The van der Waals surface area contributed by atoms with E-state index in [9.17, 15) is 4.79 Å². The number of hydrogen-bond donors (Lipinski definition) is 1. The predicted octanol–water partition coefficient (Wildman–Crippen LogP) is 1.85. The summed E-state index contributed by atoms with van der Waals surface area (Å²) in [6, 6.07) is 0. The lowest BCUT2D eigenvalue weighted by molar-refractivity contribution is -0.137. The van der Waals surface area contributed by atoms with Gasteiger partial charge in [0.05, 0.1) is 0 Å². The van der Waals surface area contributed by atoms with Gasteiger partial charge < -0.3 is 5.11 Å². The van der Waals surface area contributed by atoms with Crippen LogP contribution >= 0.6 is 11.8 Å². The molecule has 0 saturated heterocycles. The fourth-order valence-corrected chi connectivity index (χ4v) is 1.62. The van der Waals surface area contributed by atoms with Crippen molar-refractivity contribution in [3.63, 3.8) is 0 Å². The van der Waals surface area contributed by atoms with Gasteiger partial charge in [-0.1, -0.05) is 20.8 Å². The Labute approximate surface area is 66.0 Å². The summed E-state index contributed by atoms with van der Waals surface area (Å²) in [6.45, 7) is 5.84. The summed E-state index contributed by atoms with van der Waals surface area (Å²) in [5.74, 6) is 0.402. The first-order chi connectivity index (χ1) is 4.59. The molecular weight excluding hydrogens is 148 g/mol. The Hall–Kier alpha value is -0.180. The number of rotatable bonds is 4. The van der Waals surface area contributed by atoms with Crippen molar-refractivity contribution < 1.29 is 9.90 Å². The van der Waals surface area contributed by atoms with Crippen molar-refractivity contribution in [1.29, 1.82) is 0 Å². The van der Waals surface area contributed by atoms with Crippen LogP contribution < -0.4 is 0 Å². The van der Waals surface area contributed by atoms with Gasteiger partial charge in [-0.2, -0.15) is 0 Å². The number of carboxylic acid groups (broad SMARTS) is 1. The molecule has 0 amide bonds. The summed E-state index contributed by atoms with van der Waals surface area (Å²) >= 11 is 1.49. The van der Waals surface area contributed by atoms with Gasteiger partial charge in [0.1, 0.15) is 5.25 Å². The molecular formula is C7H14O2S. The van der Waals surface area contributed by atoms with Crippen LogP contribution in [0.15, 0.2) is 0 Å². The molecule has 0 aromatic rings. The molecule has 0 aliphatic carbocycles. The molecule has 1 atom stereocenters. The van der Waals surface area contributed by atoms with Gasteiger partial charge in [0.25, 0.3) is 0 Å². The second kappa shape index (κ2) is 4.61. The highest BCUT2D eigenvalue weighted by molar-refractivity contribution is 8.00. The standard InChI is InChI=1S/C7H14O2S/c1-4-10-6(5(2)3)7(8)9/h5-6H,4H2,1-3H3,(H,8,9). The quantitative estimate of drug-likeness (QED) is 0.685. The molecule has 2 nitrogen and oxygen atoms in total. The van der Waals surface area contributed by atoms with Crippen LogP contribution in [0.25, 0.3) is 0 Å². The van der Waals surface area contributed by atoms with E-state index in [1.54, 1.807) is 0 Å². The molecule has 1 N–H and O–H groups in total. The Morgan fingerprint density at radius 1 is 1.60 bits per heavy atom. The molecule has 10 heavy (non-hydrogen) atoms. The maximum atomic E-state index is 10.5. The molecule has 0 spiro atoms. The fraction of sp³-hybridized carbons (Fsp3) is 0.857. The van der Waals surface area contributed by atoms with E-state index in [1.165, 1.54) is 11.8 Å². The minimum atomic E-state index is -0.693. The normalized spacial score (nSPS) is 13.6. The second-order valence-corrected chi connectivity index (χ2v) is 3.88. The molecule has 1 unspecified atom stereocenters. The number of carbonyl (C=O) groups is 1. The first kappa shape index (κ1) is 9.82. The molecule has 0 aromatic heterocycles. The van der Waals surface area contributed by atoms with Crippen LogP contribution in [-0.4, -0.2) is 22.1 Å². The first-order valence-electron chi connectivity index (χ1n) is 3.44. The maximum Gasteiger partial charge on any atom is 0.316 e. The van der Waals surface area contributed by atoms with E-state index in [4.69, 9.17) is 5.11 Å². The number of aliphatic carboxylic acids is 1. The Kier molecular flexibility index (Phi) is 4.52. The minimum Gasteiger partial charge on any atom is -0.480 e. The van der Waals surface area contributed by atoms with Gasteiger partial charge >= 0.3 is 5.97 Å². The molecule has 0 fully saturated rings. The van der Waals surface area contributed by atoms with E-state index in [-0.39, 0.29) is 11.2 Å². The van der Waals surface area contributed by atoms with Crippen molar-refractivity contribution in [3.8, 4) is 0 Å². The highest BCUT2D eigenvalue weighted by atomic mass is 32.2. The van der Waals surface area contributed by atoms with Gasteiger partial charge in [0.15, 0.2) is 0 Å². The predicted molar refractivity (Wildman–Crippen MR) is 44.4 cm³/mol. The average molecular weight is 162 g/mol. The lowest BCUT2D eigenvalue weighted by atomic mass is 10.1. The summed E-state index contributed by atoms with van der Waals surface area (Å²) in [5.41, 5.74) is 0. The molecule has 60 valence electrons. The van der Waals surface area contributed by atoms with Crippen molar-refractivity contribution in [2.45, 2.75) is 26.0 Å². The summed E-state index contributed by atoms with van der Waals surface area (Å²) in [4.78, 5) is 10.5. The van der Waals surface area contributed by atoms with Gasteiger partial charge in [-0.05, 0) is 11.7 Å². The van der Waals surface area contributed by atoms with Crippen LogP contribution in [0.5, 0.6) is 0 Å². The summed E-state index contributed by atoms with van der Waals surface area (Å²) in [6.07, 6.45) is 0. The van der Waals surface area contributed by atoms with Crippen LogP contribution in [0, 0.1) is 5.92 Å². The monoisotopic (exact) mass is 162 g/mol. The zero-order valence-electron chi connectivity index (χ0n) is 6.63. The minimum absolute atomic E-state index is 0.224. The Morgan fingerprint density at radius 2 is 2.10 bits per heavy atom. The molecule has 0 heterocycles. The highest BCUT2D eigenvalue weighted by Gasteiger charge is 2.20. The average Bonchev–Trinajstić information content (AvgIpc) is 1.81. The van der Waals surface area contributed by atoms with Gasteiger partial charge in [0, 0.05) is 0 Å². The van der Waals surface area contributed by atoms with Crippen LogP contribution in [0.3, 0.4) is 0 Å². The maximum absolute atomic E-state index is 10.5. The van der Waals surface area contributed by atoms with Crippen LogP contribution in [0.4, 0.5) is 0 Å². The Bertz CT molecular complexity index is 112. The SMILES string of the molecule is CCSC(C(=O)O)C(C)C. The third kappa shape index (κ3) is 3.11. The molecule has 0 aliphatic heterocycles. The molecule has 3 heteroatoms. The van der Waals surface area contributed by atoms with E-state index >= 15 is 0 Å². The van der Waals surface area contributed by atoms with E-state index in [2.05, 4.69) is 0 Å². The Morgan fingerprint density at radius 3 is 2.20 bits per heavy atom. The number of carboxylic acids is 1. The molecule has 0 aromatic carbocycles.